The Hall–Kier alpha value is -2.48. The standard InChI is InChI=1S/C33H48O2/c1-6-10-14-28(8-3)25-34-32-21-17-30(18-22-32)16-12-13-27(5)31-19-23-33(24-20-31)35-26-29(9-4)15-11-7-2/h12-13,16-24,28-29H,6-11,14-15,25-26H2,1-5H3/b16-12+,27-13+. The van der Waals surface area contributed by atoms with Crippen LogP contribution in [0.15, 0.2) is 60.7 Å². The van der Waals surface area contributed by atoms with E-state index in [0.29, 0.717) is 11.8 Å². The van der Waals surface area contributed by atoms with Crippen LogP contribution in [0.4, 0.5) is 0 Å². The first-order chi connectivity index (χ1) is 17.1. The van der Waals surface area contributed by atoms with Crippen molar-refractivity contribution < 1.29 is 9.47 Å². The molecule has 2 rings (SSSR count). The maximum absolute atomic E-state index is 6.05. The number of rotatable bonds is 17. The molecule has 0 aliphatic carbocycles. The topological polar surface area (TPSA) is 18.5 Å². The van der Waals surface area contributed by atoms with Crippen molar-refractivity contribution in [3.8, 4) is 11.5 Å². The predicted octanol–water partition coefficient (Wildman–Crippen LogP) is 9.99. The van der Waals surface area contributed by atoms with Gasteiger partial charge in [-0.05, 0) is 72.6 Å². The van der Waals surface area contributed by atoms with Crippen LogP contribution in [0, 0.1) is 11.8 Å². The van der Waals surface area contributed by atoms with Gasteiger partial charge in [0.25, 0.3) is 0 Å². The summed E-state index contributed by atoms with van der Waals surface area (Å²) in [4.78, 5) is 0. The van der Waals surface area contributed by atoms with E-state index >= 15 is 0 Å². The van der Waals surface area contributed by atoms with Gasteiger partial charge in [0, 0.05) is 0 Å². The molecule has 2 aromatic carbocycles. The highest BCUT2D eigenvalue weighted by atomic mass is 16.5. The van der Waals surface area contributed by atoms with E-state index in [0.717, 1.165) is 24.7 Å². The van der Waals surface area contributed by atoms with Crippen LogP contribution in [0.1, 0.15) is 97.1 Å². The van der Waals surface area contributed by atoms with Crippen molar-refractivity contribution in [2.24, 2.45) is 11.8 Å². The zero-order valence-electron chi connectivity index (χ0n) is 22.9. The van der Waals surface area contributed by atoms with E-state index in [9.17, 15) is 0 Å². The van der Waals surface area contributed by atoms with Crippen molar-refractivity contribution in [2.45, 2.75) is 86.0 Å². The quantitative estimate of drug-likeness (QED) is 0.211. The van der Waals surface area contributed by atoms with E-state index in [1.807, 2.05) is 0 Å². The summed E-state index contributed by atoms with van der Waals surface area (Å²) >= 11 is 0. The minimum Gasteiger partial charge on any atom is -0.493 e. The average molecular weight is 477 g/mol. The van der Waals surface area contributed by atoms with E-state index in [4.69, 9.17) is 9.47 Å². The Morgan fingerprint density at radius 3 is 1.66 bits per heavy atom. The lowest BCUT2D eigenvalue weighted by atomic mass is 10.0. The molecule has 0 saturated heterocycles. The Labute approximate surface area is 215 Å². The highest BCUT2D eigenvalue weighted by Crippen LogP contribution is 2.21. The monoisotopic (exact) mass is 476 g/mol. The Morgan fingerprint density at radius 2 is 1.20 bits per heavy atom. The third-order valence-electron chi connectivity index (χ3n) is 6.88. The first-order valence-corrected chi connectivity index (χ1v) is 13.9. The summed E-state index contributed by atoms with van der Waals surface area (Å²) in [5.41, 5.74) is 3.63. The maximum Gasteiger partial charge on any atom is 0.119 e. The Morgan fingerprint density at radius 1 is 0.714 bits per heavy atom. The molecule has 0 fully saturated rings. The number of hydrogen-bond donors (Lipinski definition) is 0. The van der Waals surface area contributed by atoms with Crippen molar-refractivity contribution in [2.75, 3.05) is 13.2 Å². The zero-order chi connectivity index (χ0) is 25.3. The molecule has 2 heteroatoms. The second-order valence-electron chi connectivity index (χ2n) is 9.76. The molecule has 0 amide bonds. The number of hydrogen-bond acceptors (Lipinski definition) is 2. The van der Waals surface area contributed by atoms with Crippen LogP contribution in [0.2, 0.25) is 0 Å². The molecule has 2 aromatic rings. The Kier molecular flexibility index (Phi) is 14.0. The maximum atomic E-state index is 6.05. The first-order valence-electron chi connectivity index (χ1n) is 13.9. The number of unbranched alkanes of at least 4 members (excludes halogenated alkanes) is 2. The van der Waals surface area contributed by atoms with Gasteiger partial charge in [-0.2, -0.15) is 0 Å². The number of allylic oxidation sites excluding steroid dienone is 3. The van der Waals surface area contributed by atoms with Gasteiger partial charge in [-0.3, -0.25) is 0 Å². The largest absolute Gasteiger partial charge is 0.493 e. The summed E-state index contributed by atoms with van der Waals surface area (Å²) in [6.07, 6.45) is 16.4. The van der Waals surface area contributed by atoms with E-state index in [1.165, 1.54) is 68.1 Å². The lowest BCUT2D eigenvalue weighted by Gasteiger charge is -2.15. The molecule has 2 unspecified atom stereocenters. The molecule has 0 aliphatic heterocycles. The zero-order valence-corrected chi connectivity index (χ0v) is 22.9. The smallest absolute Gasteiger partial charge is 0.119 e. The van der Waals surface area contributed by atoms with Gasteiger partial charge in [-0.1, -0.05) is 109 Å². The van der Waals surface area contributed by atoms with Gasteiger partial charge in [0.05, 0.1) is 13.2 Å². The van der Waals surface area contributed by atoms with Gasteiger partial charge in [0.15, 0.2) is 0 Å². The molecule has 0 aromatic heterocycles. The fraction of sp³-hybridized carbons (Fsp3) is 0.515. The molecular formula is C33H48O2. The fourth-order valence-electron chi connectivity index (χ4n) is 4.11. The second kappa shape index (κ2) is 17.0. The van der Waals surface area contributed by atoms with Gasteiger partial charge in [0.1, 0.15) is 11.5 Å². The lowest BCUT2D eigenvalue weighted by Crippen LogP contribution is -2.11. The summed E-state index contributed by atoms with van der Waals surface area (Å²) in [5, 5.41) is 0. The molecule has 35 heavy (non-hydrogen) atoms. The highest BCUT2D eigenvalue weighted by Gasteiger charge is 2.08. The normalized spacial score (nSPS) is 13.7. The van der Waals surface area contributed by atoms with Crippen LogP contribution in [-0.2, 0) is 0 Å². The van der Waals surface area contributed by atoms with Crippen molar-refractivity contribution in [1.82, 2.24) is 0 Å². The van der Waals surface area contributed by atoms with Gasteiger partial charge < -0.3 is 9.47 Å². The van der Waals surface area contributed by atoms with Crippen molar-refractivity contribution in [3.63, 3.8) is 0 Å². The molecular weight excluding hydrogens is 428 g/mol. The predicted molar refractivity (Wildman–Crippen MR) is 153 cm³/mol. The Bertz CT molecular complexity index is 861. The molecule has 192 valence electrons. The van der Waals surface area contributed by atoms with E-state index < -0.39 is 0 Å². The summed E-state index contributed by atoms with van der Waals surface area (Å²) in [7, 11) is 0. The van der Waals surface area contributed by atoms with E-state index in [1.54, 1.807) is 0 Å². The van der Waals surface area contributed by atoms with Crippen LogP contribution in [0.3, 0.4) is 0 Å². The fourth-order valence-corrected chi connectivity index (χ4v) is 4.11. The third kappa shape index (κ3) is 11.2. The third-order valence-corrected chi connectivity index (χ3v) is 6.88. The van der Waals surface area contributed by atoms with Crippen molar-refractivity contribution in [1.29, 1.82) is 0 Å². The Balaban J connectivity index is 1.84. The molecule has 0 spiro atoms. The van der Waals surface area contributed by atoms with Crippen molar-refractivity contribution >= 4 is 11.6 Å². The van der Waals surface area contributed by atoms with Crippen LogP contribution in [0.5, 0.6) is 11.5 Å². The molecule has 0 aliphatic rings. The summed E-state index contributed by atoms with van der Waals surface area (Å²) < 4.78 is 12.1. The summed E-state index contributed by atoms with van der Waals surface area (Å²) in [5.74, 6) is 3.23. The molecule has 0 saturated carbocycles. The SMILES string of the molecule is CCCCC(CC)COc1ccc(/C=C/C=C(\C)c2ccc(OCC(CC)CCCC)cc2)cc1. The van der Waals surface area contributed by atoms with Crippen molar-refractivity contribution in [3.05, 3.63) is 71.8 Å². The molecule has 0 bridgehead atoms. The molecule has 0 radical (unpaired) electrons. The van der Waals surface area contributed by atoms with Gasteiger partial charge in [-0.25, -0.2) is 0 Å². The van der Waals surface area contributed by atoms with Crippen LogP contribution < -0.4 is 9.47 Å². The number of ether oxygens (including phenoxy) is 2. The van der Waals surface area contributed by atoms with Gasteiger partial charge in [0.2, 0.25) is 0 Å². The minimum atomic E-state index is 0.654. The number of benzene rings is 2. The van der Waals surface area contributed by atoms with Gasteiger partial charge in [-0.15, -0.1) is 0 Å². The summed E-state index contributed by atoms with van der Waals surface area (Å²) in [6, 6.07) is 16.9. The molecule has 2 nitrogen and oxygen atoms in total. The highest BCUT2D eigenvalue weighted by molar-refractivity contribution is 5.67. The lowest BCUT2D eigenvalue weighted by molar-refractivity contribution is 0.233. The minimum absolute atomic E-state index is 0.654. The van der Waals surface area contributed by atoms with Crippen LogP contribution >= 0.6 is 0 Å². The van der Waals surface area contributed by atoms with Crippen LogP contribution in [-0.4, -0.2) is 13.2 Å². The average Bonchev–Trinajstić information content (AvgIpc) is 2.90. The van der Waals surface area contributed by atoms with Gasteiger partial charge >= 0.3 is 0 Å². The summed E-state index contributed by atoms with van der Waals surface area (Å²) in [6.45, 7) is 12.8. The van der Waals surface area contributed by atoms with Crippen LogP contribution in [0.25, 0.3) is 11.6 Å². The second-order valence-corrected chi connectivity index (χ2v) is 9.76. The molecule has 2 atom stereocenters. The molecule has 0 N–H and O–H groups in total. The van der Waals surface area contributed by atoms with E-state index in [-0.39, 0.29) is 0 Å². The van der Waals surface area contributed by atoms with E-state index in [2.05, 4.69) is 101 Å². The molecule has 0 heterocycles. The first kappa shape index (κ1) is 28.8.